The van der Waals surface area contributed by atoms with E-state index in [1.165, 1.54) is 24.3 Å². The van der Waals surface area contributed by atoms with Gasteiger partial charge < -0.3 is 0 Å². The van der Waals surface area contributed by atoms with Crippen molar-refractivity contribution >= 4 is 23.0 Å². The van der Waals surface area contributed by atoms with Gasteiger partial charge in [-0.25, -0.2) is 0 Å². The number of Topliss-reactive ketones (excluding diaryl/α,β-unsaturated/α-hetero) is 2. The highest BCUT2D eigenvalue weighted by molar-refractivity contribution is 6.71. The fourth-order valence-electron chi connectivity index (χ4n) is 1.77. The molecular weight excluding hydrogens is 268 g/mol. The van der Waals surface area contributed by atoms with Crippen LogP contribution in [-0.2, 0) is 0 Å². The van der Waals surface area contributed by atoms with E-state index in [2.05, 4.69) is 10.0 Å². The van der Waals surface area contributed by atoms with E-state index < -0.39 is 17.3 Å². The monoisotopic (exact) mass is 278 g/mol. The van der Waals surface area contributed by atoms with Crippen molar-refractivity contribution in [2.45, 2.75) is 0 Å². The average Bonchev–Trinajstić information content (AvgIpc) is 2.54. The summed E-state index contributed by atoms with van der Waals surface area (Å²) in [7, 11) is 0. The molecule has 0 radical (unpaired) electrons. The van der Waals surface area contributed by atoms with Crippen LogP contribution in [0.25, 0.3) is 10.4 Å². The molecule has 0 fully saturated rings. The highest BCUT2D eigenvalue weighted by Crippen LogP contribution is 2.20. The number of hydrogen-bond donors (Lipinski definition) is 1. The molecule has 0 aliphatic rings. The minimum absolute atomic E-state index is 0.0320. The Hall–Kier alpha value is -3.24. The minimum Gasteiger partial charge on any atom is -0.293 e. The summed E-state index contributed by atoms with van der Waals surface area (Å²) in [4.78, 5) is 26.9. The van der Waals surface area contributed by atoms with Crippen LogP contribution in [0.1, 0.15) is 20.7 Å². The molecule has 6 nitrogen and oxygen atoms in total. The largest absolute Gasteiger partial charge is 0.293 e. The Labute approximate surface area is 120 Å². The van der Waals surface area contributed by atoms with Gasteiger partial charge in [0, 0.05) is 21.7 Å². The van der Waals surface area contributed by atoms with Crippen LogP contribution in [0.3, 0.4) is 0 Å². The van der Waals surface area contributed by atoms with Crippen LogP contribution in [0, 0.1) is 5.41 Å². The zero-order valence-electron chi connectivity index (χ0n) is 10.9. The van der Waals surface area contributed by atoms with Gasteiger partial charge in [0.1, 0.15) is 0 Å². The number of benzene rings is 2. The van der Waals surface area contributed by atoms with Crippen LogP contribution in [0.5, 0.6) is 0 Å². The first-order chi connectivity index (χ1) is 10.1. The standard InChI is InChI=1S/C15H10N4O2/c16-13(14(20)10-6-2-1-3-7-10)15(21)11-8-4-5-9-12(11)18-19-17/h1-9,16H. The van der Waals surface area contributed by atoms with Crippen LogP contribution in [0.15, 0.2) is 59.7 Å². The average molecular weight is 278 g/mol. The molecule has 0 aliphatic heterocycles. The minimum atomic E-state index is -0.771. The highest BCUT2D eigenvalue weighted by atomic mass is 16.1. The van der Waals surface area contributed by atoms with E-state index in [0.717, 1.165) is 0 Å². The first-order valence-corrected chi connectivity index (χ1v) is 6.02. The van der Waals surface area contributed by atoms with Crippen LogP contribution in [-0.4, -0.2) is 17.3 Å². The Kier molecular flexibility index (Phi) is 4.23. The third-order valence-corrected chi connectivity index (χ3v) is 2.79. The number of hydrogen-bond acceptors (Lipinski definition) is 4. The van der Waals surface area contributed by atoms with Gasteiger partial charge in [-0.15, -0.1) is 0 Å². The third-order valence-electron chi connectivity index (χ3n) is 2.79. The summed E-state index contributed by atoms with van der Waals surface area (Å²) in [5.74, 6) is -1.44. The van der Waals surface area contributed by atoms with Gasteiger partial charge in [-0.1, -0.05) is 59.7 Å². The van der Waals surface area contributed by atoms with Crippen molar-refractivity contribution in [2.24, 2.45) is 5.11 Å². The molecule has 21 heavy (non-hydrogen) atoms. The molecule has 6 heteroatoms. The zero-order valence-corrected chi connectivity index (χ0v) is 10.9. The molecule has 0 bridgehead atoms. The summed E-state index contributed by atoms with van der Waals surface area (Å²) in [6.07, 6.45) is 0. The molecular formula is C15H10N4O2. The number of ketones is 2. The molecule has 0 atom stereocenters. The van der Waals surface area contributed by atoms with Gasteiger partial charge >= 0.3 is 0 Å². The summed E-state index contributed by atoms with van der Waals surface area (Å²) in [6.45, 7) is 0. The van der Waals surface area contributed by atoms with Crippen molar-refractivity contribution in [3.63, 3.8) is 0 Å². The lowest BCUT2D eigenvalue weighted by atomic mass is 9.98. The maximum atomic E-state index is 12.2. The van der Waals surface area contributed by atoms with Gasteiger partial charge in [0.2, 0.25) is 11.6 Å². The Morgan fingerprint density at radius 3 is 2.24 bits per heavy atom. The number of nitrogens with zero attached hydrogens (tertiary/aromatic N) is 3. The molecule has 0 aliphatic carbocycles. The Balaban J connectivity index is 2.35. The van der Waals surface area contributed by atoms with Crippen molar-refractivity contribution in [3.8, 4) is 0 Å². The lowest BCUT2D eigenvalue weighted by Gasteiger charge is -2.05. The molecule has 0 amide bonds. The fraction of sp³-hybridized carbons (Fsp3) is 0. The van der Waals surface area contributed by atoms with E-state index in [1.807, 2.05) is 0 Å². The van der Waals surface area contributed by atoms with Crippen LogP contribution < -0.4 is 0 Å². The van der Waals surface area contributed by atoms with Gasteiger partial charge in [-0.05, 0) is 5.53 Å². The predicted octanol–water partition coefficient (Wildman–Crippen LogP) is 3.71. The molecule has 2 aromatic rings. The van der Waals surface area contributed by atoms with E-state index >= 15 is 0 Å². The smallest absolute Gasteiger partial charge is 0.215 e. The first kappa shape index (κ1) is 14.2. The van der Waals surface area contributed by atoms with Crippen molar-refractivity contribution in [1.82, 2.24) is 0 Å². The molecule has 0 aromatic heterocycles. The number of rotatable bonds is 5. The predicted molar refractivity (Wildman–Crippen MR) is 78.1 cm³/mol. The Morgan fingerprint density at radius 1 is 0.952 bits per heavy atom. The summed E-state index contributed by atoms with van der Waals surface area (Å²) in [5.41, 5.74) is 8.20. The van der Waals surface area contributed by atoms with Gasteiger partial charge in [-0.3, -0.25) is 15.0 Å². The molecule has 0 spiro atoms. The molecule has 0 saturated heterocycles. The van der Waals surface area contributed by atoms with Crippen molar-refractivity contribution in [2.75, 3.05) is 0 Å². The maximum absolute atomic E-state index is 12.2. The normalized spacial score (nSPS) is 9.52. The molecule has 0 heterocycles. The third kappa shape index (κ3) is 3.02. The van der Waals surface area contributed by atoms with Crippen molar-refractivity contribution in [3.05, 3.63) is 76.2 Å². The summed E-state index contributed by atoms with van der Waals surface area (Å²) < 4.78 is 0. The number of nitrogens with one attached hydrogen (secondary N) is 1. The molecule has 2 aromatic carbocycles. The van der Waals surface area contributed by atoms with Crippen LogP contribution >= 0.6 is 0 Å². The second-order valence-electron chi connectivity index (χ2n) is 4.11. The number of carbonyl (C=O) groups is 2. The highest BCUT2D eigenvalue weighted by Gasteiger charge is 2.22. The van der Waals surface area contributed by atoms with Gasteiger partial charge in [0.25, 0.3) is 0 Å². The number of azide groups is 1. The molecule has 102 valence electrons. The van der Waals surface area contributed by atoms with Gasteiger partial charge in [-0.2, -0.15) is 0 Å². The summed E-state index contributed by atoms with van der Waals surface area (Å²) in [5, 5.41) is 11.2. The van der Waals surface area contributed by atoms with Crippen LogP contribution in [0.4, 0.5) is 5.69 Å². The van der Waals surface area contributed by atoms with Crippen molar-refractivity contribution in [1.29, 1.82) is 5.41 Å². The lowest BCUT2D eigenvalue weighted by molar-refractivity contribution is 0.101. The molecule has 1 N–H and O–H groups in total. The molecule has 2 rings (SSSR count). The Morgan fingerprint density at radius 2 is 1.57 bits per heavy atom. The quantitative estimate of drug-likeness (QED) is 0.225. The summed E-state index contributed by atoms with van der Waals surface area (Å²) >= 11 is 0. The van der Waals surface area contributed by atoms with Gasteiger partial charge in [0.15, 0.2) is 5.71 Å². The van der Waals surface area contributed by atoms with E-state index in [0.29, 0.717) is 0 Å². The first-order valence-electron chi connectivity index (χ1n) is 6.02. The summed E-state index contributed by atoms with van der Waals surface area (Å²) in [6, 6.07) is 14.1. The molecule has 0 saturated carbocycles. The topological polar surface area (TPSA) is 107 Å². The van der Waals surface area contributed by atoms with E-state index in [1.54, 1.807) is 30.3 Å². The van der Waals surface area contributed by atoms with E-state index in [9.17, 15) is 9.59 Å². The van der Waals surface area contributed by atoms with Gasteiger partial charge in [0.05, 0.1) is 0 Å². The van der Waals surface area contributed by atoms with E-state index in [-0.39, 0.29) is 16.8 Å². The van der Waals surface area contributed by atoms with Crippen LogP contribution in [0.2, 0.25) is 0 Å². The SMILES string of the molecule is [N-]=[N+]=Nc1ccccc1C(=O)C(=N)C(=O)c1ccccc1. The Bertz CT molecular complexity index is 762. The fourth-order valence-corrected chi connectivity index (χ4v) is 1.77. The van der Waals surface area contributed by atoms with E-state index in [4.69, 9.17) is 10.9 Å². The molecule has 0 unspecified atom stereocenters. The zero-order chi connectivity index (χ0) is 15.2. The maximum Gasteiger partial charge on any atom is 0.215 e. The second kappa shape index (κ2) is 6.27. The lowest BCUT2D eigenvalue weighted by Crippen LogP contribution is -2.23. The number of carbonyl (C=O) groups excluding carboxylic acids is 2. The second-order valence-corrected chi connectivity index (χ2v) is 4.11. The van der Waals surface area contributed by atoms with Crippen molar-refractivity contribution < 1.29 is 9.59 Å².